The maximum absolute atomic E-state index is 12.6. The second-order valence-corrected chi connectivity index (χ2v) is 8.49. The number of benzene rings is 1. The predicted molar refractivity (Wildman–Crippen MR) is 94.7 cm³/mol. The van der Waals surface area contributed by atoms with Crippen LogP contribution in [0.4, 0.5) is 0 Å². The number of unbranched alkanes of at least 4 members (excludes halogenated alkanes) is 1. The first-order chi connectivity index (χ1) is 11.4. The molecule has 0 spiro atoms. The van der Waals surface area contributed by atoms with Crippen LogP contribution in [0.2, 0.25) is 0 Å². The van der Waals surface area contributed by atoms with Gasteiger partial charge in [-0.2, -0.15) is 0 Å². The first kappa shape index (κ1) is 18.8. The Bertz CT molecular complexity index is 639. The molecule has 1 amide bonds. The van der Waals surface area contributed by atoms with E-state index < -0.39 is 9.84 Å². The van der Waals surface area contributed by atoms with E-state index in [0.29, 0.717) is 26.0 Å². The molecule has 24 heavy (non-hydrogen) atoms. The highest BCUT2D eigenvalue weighted by atomic mass is 32.2. The Morgan fingerprint density at radius 1 is 1.25 bits per heavy atom. The Morgan fingerprint density at radius 2 is 1.96 bits per heavy atom. The average Bonchev–Trinajstić information content (AvgIpc) is 2.92. The Balaban J connectivity index is 2.11. The molecule has 1 aromatic rings. The number of carbonyl (C=O) groups is 1. The zero-order valence-corrected chi connectivity index (χ0v) is 15.3. The summed E-state index contributed by atoms with van der Waals surface area (Å²) in [7, 11) is -3.01. The molecule has 1 unspecified atom stereocenters. The van der Waals surface area contributed by atoms with E-state index in [1.54, 1.807) is 4.90 Å². The Kier molecular flexibility index (Phi) is 6.66. The van der Waals surface area contributed by atoms with E-state index >= 15 is 0 Å². The molecule has 6 heteroatoms. The molecule has 0 aromatic heterocycles. The van der Waals surface area contributed by atoms with Crippen molar-refractivity contribution >= 4 is 15.7 Å². The van der Waals surface area contributed by atoms with Crippen LogP contribution >= 0.6 is 0 Å². The molecule has 134 valence electrons. The minimum Gasteiger partial charge on any atom is -0.494 e. The molecular formula is C18H27NO4S. The lowest BCUT2D eigenvalue weighted by atomic mass is 10.1. The van der Waals surface area contributed by atoms with Gasteiger partial charge in [-0.25, -0.2) is 8.42 Å². The highest BCUT2D eigenvalue weighted by Gasteiger charge is 2.34. The summed E-state index contributed by atoms with van der Waals surface area (Å²) >= 11 is 0. The number of carbonyl (C=O) groups excluding carboxylic acids is 1. The summed E-state index contributed by atoms with van der Waals surface area (Å²) in [5.74, 6) is 1.11. The summed E-state index contributed by atoms with van der Waals surface area (Å²) in [5.41, 5.74) is 0.993. The van der Waals surface area contributed by atoms with E-state index in [1.165, 1.54) is 0 Å². The van der Waals surface area contributed by atoms with Crippen molar-refractivity contribution < 1.29 is 17.9 Å². The van der Waals surface area contributed by atoms with Crippen molar-refractivity contribution in [2.45, 2.75) is 52.1 Å². The quantitative estimate of drug-likeness (QED) is 0.721. The number of amides is 1. The molecule has 1 fully saturated rings. The predicted octanol–water partition coefficient (Wildman–Crippen LogP) is 2.79. The minimum atomic E-state index is -3.01. The van der Waals surface area contributed by atoms with Crippen molar-refractivity contribution in [3.05, 3.63) is 29.8 Å². The van der Waals surface area contributed by atoms with Crippen LogP contribution in [0.3, 0.4) is 0 Å². The van der Waals surface area contributed by atoms with Crippen LogP contribution < -0.4 is 4.74 Å². The Hall–Kier alpha value is -1.56. The first-order valence-corrected chi connectivity index (χ1v) is 10.5. The molecule has 0 aliphatic carbocycles. The van der Waals surface area contributed by atoms with E-state index in [1.807, 2.05) is 38.1 Å². The van der Waals surface area contributed by atoms with Crippen LogP contribution in [-0.4, -0.2) is 43.4 Å². The molecule has 1 aromatic carbocycles. The topological polar surface area (TPSA) is 63.7 Å². The van der Waals surface area contributed by atoms with E-state index in [9.17, 15) is 13.2 Å². The Labute approximate surface area is 144 Å². The minimum absolute atomic E-state index is 0.0489. The van der Waals surface area contributed by atoms with Gasteiger partial charge in [-0.1, -0.05) is 25.5 Å². The van der Waals surface area contributed by atoms with E-state index in [4.69, 9.17) is 4.74 Å². The third-order valence-corrected chi connectivity index (χ3v) is 6.05. The molecule has 5 nitrogen and oxygen atoms in total. The van der Waals surface area contributed by atoms with Gasteiger partial charge in [0, 0.05) is 19.0 Å². The number of sulfone groups is 1. The molecule has 0 saturated carbocycles. The molecule has 1 saturated heterocycles. The number of ether oxygens (including phenoxy) is 1. The maximum atomic E-state index is 12.6. The standard InChI is InChI=1S/C18H27NO4S/c1-3-5-6-18(20)19(16-11-12-24(21,22)14-16)13-15-7-9-17(10-8-15)23-4-2/h7-10,16H,3-6,11-14H2,1-2H3. The molecule has 0 radical (unpaired) electrons. The van der Waals surface area contributed by atoms with Gasteiger partial charge in [0.25, 0.3) is 0 Å². The zero-order valence-electron chi connectivity index (χ0n) is 14.5. The number of rotatable bonds is 8. The van der Waals surface area contributed by atoms with Gasteiger partial charge in [0.2, 0.25) is 5.91 Å². The number of hydrogen-bond donors (Lipinski definition) is 0. The summed E-state index contributed by atoms with van der Waals surface area (Å²) in [6.45, 7) is 5.04. The molecule has 0 N–H and O–H groups in total. The van der Waals surface area contributed by atoms with Gasteiger partial charge in [0.1, 0.15) is 5.75 Å². The summed E-state index contributed by atoms with van der Waals surface area (Å²) < 4.78 is 29.0. The smallest absolute Gasteiger partial charge is 0.223 e. The molecule has 1 atom stereocenters. The van der Waals surface area contributed by atoms with Crippen molar-refractivity contribution in [3.8, 4) is 5.75 Å². The van der Waals surface area contributed by atoms with Crippen molar-refractivity contribution in [1.29, 1.82) is 0 Å². The lowest BCUT2D eigenvalue weighted by Gasteiger charge is -2.28. The first-order valence-electron chi connectivity index (χ1n) is 8.66. The number of nitrogens with zero attached hydrogens (tertiary/aromatic N) is 1. The lowest BCUT2D eigenvalue weighted by molar-refractivity contribution is -0.133. The second kappa shape index (κ2) is 8.51. The summed E-state index contributed by atoms with van der Waals surface area (Å²) in [6.07, 6.45) is 2.80. The summed E-state index contributed by atoms with van der Waals surface area (Å²) in [4.78, 5) is 14.3. The van der Waals surface area contributed by atoms with Crippen LogP contribution in [0.1, 0.15) is 45.1 Å². The van der Waals surface area contributed by atoms with E-state index in [2.05, 4.69) is 0 Å². The fourth-order valence-electron chi connectivity index (χ4n) is 2.97. The molecule has 1 aliphatic rings. The molecule has 1 heterocycles. The highest BCUT2D eigenvalue weighted by Crippen LogP contribution is 2.22. The van der Waals surface area contributed by atoms with Gasteiger partial charge < -0.3 is 9.64 Å². The molecule has 0 bridgehead atoms. The summed E-state index contributed by atoms with van der Waals surface area (Å²) in [5, 5.41) is 0. The molecule has 1 aliphatic heterocycles. The van der Waals surface area contributed by atoms with Gasteiger partial charge in [0.15, 0.2) is 9.84 Å². The van der Waals surface area contributed by atoms with Gasteiger partial charge in [-0.15, -0.1) is 0 Å². The van der Waals surface area contributed by atoms with Gasteiger partial charge in [-0.05, 0) is 37.5 Å². The van der Waals surface area contributed by atoms with E-state index in [0.717, 1.165) is 24.2 Å². The zero-order chi connectivity index (χ0) is 17.6. The van der Waals surface area contributed by atoms with Gasteiger partial charge in [-0.3, -0.25) is 4.79 Å². The summed E-state index contributed by atoms with van der Waals surface area (Å²) in [6, 6.07) is 7.45. The third kappa shape index (κ3) is 5.23. The van der Waals surface area contributed by atoms with E-state index in [-0.39, 0.29) is 23.5 Å². The lowest BCUT2D eigenvalue weighted by Crippen LogP contribution is -2.40. The van der Waals surface area contributed by atoms with Crippen LogP contribution in [0.25, 0.3) is 0 Å². The average molecular weight is 353 g/mol. The monoisotopic (exact) mass is 353 g/mol. The van der Waals surface area contributed by atoms with Crippen molar-refractivity contribution in [2.75, 3.05) is 18.1 Å². The second-order valence-electron chi connectivity index (χ2n) is 6.26. The fourth-order valence-corrected chi connectivity index (χ4v) is 4.70. The molecular weight excluding hydrogens is 326 g/mol. The van der Waals surface area contributed by atoms with Crippen molar-refractivity contribution in [3.63, 3.8) is 0 Å². The van der Waals surface area contributed by atoms with Crippen LogP contribution in [-0.2, 0) is 21.2 Å². The Morgan fingerprint density at radius 3 is 2.50 bits per heavy atom. The van der Waals surface area contributed by atoms with Crippen molar-refractivity contribution in [1.82, 2.24) is 4.90 Å². The maximum Gasteiger partial charge on any atom is 0.223 e. The largest absolute Gasteiger partial charge is 0.494 e. The van der Waals surface area contributed by atoms with Crippen molar-refractivity contribution in [2.24, 2.45) is 0 Å². The molecule has 2 rings (SSSR count). The van der Waals surface area contributed by atoms with Crippen LogP contribution in [0.5, 0.6) is 5.75 Å². The normalized spacial score (nSPS) is 19.2. The van der Waals surface area contributed by atoms with Gasteiger partial charge >= 0.3 is 0 Å². The number of hydrogen-bond acceptors (Lipinski definition) is 4. The van der Waals surface area contributed by atoms with Gasteiger partial charge in [0.05, 0.1) is 18.1 Å². The van der Waals surface area contributed by atoms with Crippen LogP contribution in [0.15, 0.2) is 24.3 Å². The third-order valence-electron chi connectivity index (χ3n) is 4.30. The highest BCUT2D eigenvalue weighted by molar-refractivity contribution is 7.91. The SMILES string of the molecule is CCCCC(=O)N(Cc1ccc(OCC)cc1)C1CCS(=O)(=O)C1. The fraction of sp³-hybridized carbons (Fsp3) is 0.611. The van der Waals surface area contributed by atoms with Crippen LogP contribution in [0, 0.1) is 0 Å².